The van der Waals surface area contributed by atoms with Crippen LogP contribution in [0, 0.1) is 5.92 Å². The molecule has 30 heavy (non-hydrogen) atoms. The summed E-state index contributed by atoms with van der Waals surface area (Å²) < 4.78 is 27.3. The van der Waals surface area contributed by atoms with Crippen molar-refractivity contribution in [2.75, 3.05) is 19.3 Å². The summed E-state index contributed by atoms with van der Waals surface area (Å²) in [7, 11) is -3.52. The zero-order valence-corrected chi connectivity index (χ0v) is 19.4. The number of hydrogen-bond acceptors (Lipinski definition) is 4. The van der Waals surface area contributed by atoms with Gasteiger partial charge in [0.25, 0.3) is 0 Å². The summed E-state index contributed by atoms with van der Waals surface area (Å²) in [4.78, 5) is 14.1. The number of thioether (sulfide) groups is 1. The number of piperidine rings is 1. The first kappa shape index (κ1) is 22.8. The number of sulfonamides is 1. The highest BCUT2D eigenvalue weighted by molar-refractivity contribution is 7.98. The van der Waals surface area contributed by atoms with E-state index in [1.165, 1.54) is 9.87 Å². The zero-order chi connectivity index (χ0) is 21.7. The molecule has 1 aliphatic rings. The molecule has 1 aliphatic heterocycles. The standard InChI is InChI=1S/C23H30N2O3S2/c1-4-18-5-7-19(8-6-18)17(2)24-23(26)20-13-15-25(16-14-20)30(27,28)22-11-9-21(29-3)10-12-22/h5-12,17,20H,4,13-16H2,1-3H3,(H,24,26)/t17-/m0/s1. The monoisotopic (exact) mass is 446 g/mol. The van der Waals surface area contributed by atoms with E-state index >= 15 is 0 Å². The molecule has 2 aromatic rings. The van der Waals surface area contributed by atoms with Gasteiger partial charge in [0.1, 0.15) is 0 Å². The number of aryl methyl sites for hydroxylation is 1. The summed E-state index contributed by atoms with van der Waals surface area (Å²) >= 11 is 1.58. The smallest absolute Gasteiger partial charge is 0.243 e. The molecule has 1 atom stereocenters. The van der Waals surface area contributed by atoms with Crippen LogP contribution in [0.25, 0.3) is 0 Å². The van der Waals surface area contributed by atoms with Gasteiger partial charge in [0.15, 0.2) is 0 Å². The van der Waals surface area contributed by atoms with Crippen LogP contribution in [0.15, 0.2) is 58.3 Å². The molecule has 0 bridgehead atoms. The van der Waals surface area contributed by atoms with Crippen LogP contribution in [-0.4, -0.2) is 38.0 Å². The first-order valence-electron chi connectivity index (χ1n) is 10.4. The Labute approximate surface area is 184 Å². The Morgan fingerprint density at radius 3 is 2.23 bits per heavy atom. The van der Waals surface area contributed by atoms with Gasteiger partial charge in [-0.05, 0) is 67.8 Å². The summed E-state index contributed by atoms with van der Waals surface area (Å²) in [5, 5.41) is 3.09. The number of nitrogens with one attached hydrogen (secondary N) is 1. The van der Waals surface area contributed by atoms with Crippen molar-refractivity contribution in [3.63, 3.8) is 0 Å². The summed E-state index contributed by atoms with van der Waals surface area (Å²) in [6, 6.07) is 15.2. The van der Waals surface area contributed by atoms with Gasteiger partial charge in [-0.25, -0.2) is 8.42 Å². The van der Waals surface area contributed by atoms with E-state index in [1.54, 1.807) is 23.9 Å². The highest BCUT2D eigenvalue weighted by Gasteiger charge is 2.32. The van der Waals surface area contributed by atoms with E-state index in [1.807, 2.05) is 25.3 Å². The molecule has 1 amide bonds. The predicted octanol–water partition coefficient (Wildman–Crippen LogP) is 4.25. The van der Waals surface area contributed by atoms with E-state index in [0.29, 0.717) is 30.8 Å². The van der Waals surface area contributed by atoms with Gasteiger partial charge in [0, 0.05) is 23.9 Å². The van der Waals surface area contributed by atoms with Crippen LogP contribution in [0.3, 0.4) is 0 Å². The average molecular weight is 447 g/mol. The molecule has 0 saturated carbocycles. The van der Waals surface area contributed by atoms with Crippen molar-refractivity contribution < 1.29 is 13.2 Å². The van der Waals surface area contributed by atoms with Crippen molar-refractivity contribution in [2.45, 2.75) is 48.9 Å². The molecular weight excluding hydrogens is 416 g/mol. The minimum Gasteiger partial charge on any atom is -0.349 e. The second kappa shape index (κ2) is 9.98. The summed E-state index contributed by atoms with van der Waals surface area (Å²) in [6.07, 6.45) is 4.02. The minimum absolute atomic E-state index is 0.00318. The van der Waals surface area contributed by atoms with Crippen LogP contribution >= 0.6 is 11.8 Å². The van der Waals surface area contributed by atoms with Crippen LogP contribution in [0.1, 0.15) is 43.9 Å². The molecule has 5 nitrogen and oxygen atoms in total. The van der Waals surface area contributed by atoms with Crippen molar-refractivity contribution >= 4 is 27.7 Å². The number of rotatable bonds is 7. The van der Waals surface area contributed by atoms with E-state index < -0.39 is 10.0 Å². The lowest BCUT2D eigenvalue weighted by atomic mass is 9.96. The summed E-state index contributed by atoms with van der Waals surface area (Å²) in [5.41, 5.74) is 2.35. The van der Waals surface area contributed by atoms with Gasteiger partial charge < -0.3 is 5.32 Å². The SMILES string of the molecule is CCc1ccc([C@H](C)NC(=O)C2CCN(S(=O)(=O)c3ccc(SC)cc3)CC2)cc1. The third-order valence-corrected chi connectivity index (χ3v) is 8.43. The normalized spacial score (nSPS) is 16.9. The topological polar surface area (TPSA) is 66.5 Å². The molecule has 1 fully saturated rings. The Bertz CT molecular complexity index is 949. The lowest BCUT2D eigenvalue weighted by molar-refractivity contribution is -0.126. The maximum atomic E-state index is 12.9. The van der Waals surface area contributed by atoms with Gasteiger partial charge in [0.05, 0.1) is 10.9 Å². The van der Waals surface area contributed by atoms with Crippen molar-refractivity contribution in [1.82, 2.24) is 9.62 Å². The largest absolute Gasteiger partial charge is 0.349 e. The first-order chi connectivity index (χ1) is 14.3. The fourth-order valence-electron chi connectivity index (χ4n) is 3.71. The lowest BCUT2D eigenvalue weighted by Gasteiger charge is -2.31. The second-order valence-electron chi connectivity index (χ2n) is 7.68. The molecule has 1 N–H and O–H groups in total. The number of hydrogen-bond donors (Lipinski definition) is 1. The number of benzene rings is 2. The maximum Gasteiger partial charge on any atom is 0.243 e. The van der Waals surface area contributed by atoms with Crippen LogP contribution in [0.5, 0.6) is 0 Å². The molecule has 0 spiro atoms. The lowest BCUT2D eigenvalue weighted by Crippen LogP contribution is -2.43. The Morgan fingerprint density at radius 1 is 1.10 bits per heavy atom. The van der Waals surface area contributed by atoms with Crippen molar-refractivity contribution in [2.24, 2.45) is 5.92 Å². The molecule has 3 rings (SSSR count). The molecule has 162 valence electrons. The number of nitrogens with zero attached hydrogens (tertiary/aromatic N) is 1. The quantitative estimate of drug-likeness (QED) is 0.646. The molecule has 0 radical (unpaired) electrons. The number of amides is 1. The van der Waals surface area contributed by atoms with E-state index in [4.69, 9.17) is 0 Å². The van der Waals surface area contributed by atoms with E-state index in [9.17, 15) is 13.2 Å². The maximum absolute atomic E-state index is 12.9. The Hall–Kier alpha value is -1.83. The van der Waals surface area contributed by atoms with Gasteiger partial charge >= 0.3 is 0 Å². The minimum atomic E-state index is -3.52. The third kappa shape index (κ3) is 5.25. The molecular formula is C23H30N2O3S2. The van der Waals surface area contributed by atoms with Crippen molar-refractivity contribution in [1.29, 1.82) is 0 Å². The Balaban J connectivity index is 1.56. The highest BCUT2D eigenvalue weighted by atomic mass is 32.2. The van der Waals surface area contributed by atoms with Crippen LogP contribution in [0.4, 0.5) is 0 Å². The molecule has 1 saturated heterocycles. The molecule has 2 aromatic carbocycles. The molecule has 7 heteroatoms. The highest BCUT2D eigenvalue weighted by Crippen LogP contribution is 2.26. The fourth-order valence-corrected chi connectivity index (χ4v) is 5.59. The second-order valence-corrected chi connectivity index (χ2v) is 10.5. The molecule has 0 aromatic heterocycles. The molecule has 0 aliphatic carbocycles. The van der Waals surface area contributed by atoms with Gasteiger partial charge in [0.2, 0.25) is 15.9 Å². The molecule has 1 heterocycles. The van der Waals surface area contributed by atoms with Crippen LogP contribution in [-0.2, 0) is 21.2 Å². The summed E-state index contributed by atoms with van der Waals surface area (Å²) in [5.74, 6) is -0.156. The predicted molar refractivity (Wildman–Crippen MR) is 122 cm³/mol. The van der Waals surface area contributed by atoms with Gasteiger partial charge in [-0.3, -0.25) is 4.79 Å². The fraction of sp³-hybridized carbons (Fsp3) is 0.435. The van der Waals surface area contributed by atoms with E-state index in [-0.39, 0.29) is 17.9 Å². The number of carbonyl (C=O) groups is 1. The first-order valence-corrected chi connectivity index (χ1v) is 13.0. The van der Waals surface area contributed by atoms with Crippen molar-refractivity contribution in [3.8, 4) is 0 Å². The van der Waals surface area contributed by atoms with Crippen LogP contribution < -0.4 is 5.32 Å². The average Bonchev–Trinajstić information content (AvgIpc) is 2.79. The molecule has 0 unspecified atom stereocenters. The summed E-state index contributed by atoms with van der Waals surface area (Å²) in [6.45, 7) is 4.83. The van der Waals surface area contributed by atoms with Gasteiger partial charge in [-0.15, -0.1) is 11.8 Å². The zero-order valence-electron chi connectivity index (χ0n) is 17.8. The Morgan fingerprint density at radius 2 is 1.70 bits per heavy atom. The van der Waals surface area contributed by atoms with Crippen LogP contribution in [0.2, 0.25) is 0 Å². The van der Waals surface area contributed by atoms with E-state index in [2.05, 4.69) is 36.5 Å². The van der Waals surface area contributed by atoms with Gasteiger partial charge in [-0.1, -0.05) is 31.2 Å². The van der Waals surface area contributed by atoms with E-state index in [0.717, 1.165) is 16.9 Å². The van der Waals surface area contributed by atoms with Crippen molar-refractivity contribution in [3.05, 3.63) is 59.7 Å². The Kier molecular flexibility index (Phi) is 7.60. The number of carbonyl (C=O) groups excluding carboxylic acids is 1. The van der Waals surface area contributed by atoms with Gasteiger partial charge in [-0.2, -0.15) is 4.31 Å². The third-order valence-electron chi connectivity index (χ3n) is 5.77.